The van der Waals surface area contributed by atoms with Gasteiger partial charge in [0.15, 0.2) is 0 Å². The number of anilines is 1. The number of carbonyl (C=O) groups excluding carboxylic acids is 1. The molecule has 1 heterocycles. The van der Waals surface area contributed by atoms with Crippen LogP contribution in [0.1, 0.15) is 18.9 Å². The van der Waals surface area contributed by atoms with Crippen molar-refractivity contribution in [2.24, 2.45) is 5.73 Å². The Kier molecular flexibility index (Phi) is 4.22. The van der Waals surface area contributed by atoms with E-state index >= 15 is 0 Å². The number of nitrogens with zero attached hydrogens (tertiary/aromatic N) is 1. The van der Waals surface area contributed by atoms with Gasteiger partial charge in [-0.25, -0.2) is 0 Å². The van der Waals surface area contributed by atoms with Gasteiger partial charge in [0.05, 0.1) is 0 Å². The third kappa shape index (κ3) is 3.15. The van der Waals surface area contributed by atoms with Crippen LogP contribution < -0.4 is 15.4 Å². The average molecular weight is 260 g/mol. The maximum atomic E-state index is 12.0. The Morgan fingerprint density at radius 1 is 1.47 bits per heavy atom. The van der Waals surface area contributed by atoms with E-state index in [0.29, 0.717) is 26.1 Å². The molecule has 0 saturated heterocycles. The predicted octanol–water partition coefficient (Wildman–Crippen LogP) is 1.88. The Labute approximate surface area is 113 Å². The molecule has 2 rings (SSSR count). The zero-order valence-electron chi connectivity index (χ0n) is 11.3. The predicted molar refractivity (Wildman–Crippen MR) is 76.5 cm³/mol. The molecule has 0 radical (unpaired) electrons. The molecule has 2 N–H and O–H groups in total. The van der Waals surface area contributed by atoms with Gasteiger partial charge in [-0.05, 0) is 37.1 Å². The third-order valence-corrected chi connectivity index (χ3v) is 3.07. The molecule has 1 aliphatic heterocycles. The van der Waals surface area contributed by atoms with Crippen molar-refractivity contribution in [3.8, 4) is 5.75 Å². The summed E-state index contributed by atoms with van der Waals surface area (Å²) in [6.45, 7) is 7.40. The molecule has 1 amide bonds. The van der Waals surface area contributed by atoms with Crippen LogP contribution in [0.5, 0.6) is 5.75 Å². The van der Waals surface area contributed by atoms with Gasteiger partial charge in [0, 0.05) is 25.2 Å². The van der Waals surface area contributed by atoms with Crippen molar-refractivity contribution in [3.05, 3.63) is 35.9 Å². The van der Waals surface area contributed by atoms with Crippen molar-refractivity contribution in [1.82, 2.24) is 0 Å². The first kappa shape index (κ1) is 13.6. The molecule has 0 spiro atoms. The van der Waals surface area contributed by atoms with E-state index in [4.69, 9.17) is 10.5 Å². The van der Waals surface area contributed by atoms with E-state index in [1.54, 1.807) is 4.90 Å². The summed E-state index contributed by atoms with van der Waals surface area (Å²) >= 11 is 0. The van der Waals surface area contributed by atoms with Crippen molar-refractivity contribution >= 4 is 11.6 Å². The fourth-order valence-electron chi connectivity index (χ4n) is 2.25. The summed E-state index contributed by atoms with van der Waals surface area (Å²) in [7, 11) is 0. The van der Waals surface area contributed by atoms with E-state index in [0.717, 1.165) is 29.0 Å². The molecule has 0 aromatic heterocycles. The summed E-state index contributed by atoms with van der Waals surface area (Å²) in [5, 5.41) is 0. The maximum absolute atomic E-state index is 12.0. The number of fused-ring (bicyclic) bond motifs is 1. The summed E-state index contributed by atoms with van der Waals surface area (Å²) in [6, 6.07) is 5.84. The van der Waals surface area contributed by atoms with Gasteiger partial charge in [0.1, 0.15) is 12.4 Å². The molecule has 0 aliphatic carbocycles. The summed E-state index contributed by atoms with van der Waals surface area (Å²) in [5.41, 5.74) is 8.52. The number of benzene rings is 1. The van der Waals surface area contributed by atoms with Crippen LogP contribution in [0.15, 0.2) is 30.4 Å². The second-order valence-electron chi connectivity index (χ2n) is 4.86. The van der Waals surface area contributed by atoms with E-state index in [1.807, 2.05) is 25.1 Å². The van der Waals surface area contributed by atoms with Gasteiger partial charge in [-0.1, -0.05) is 12.2 Å². The van der Waals surface area contributed by atoms with Crippen LogP contribution in [0.4, 0.5) is 5.69 Å². The molecule has 4 nitrogen and oxygen atoms in total. The summed E-state index contributed by atoms with van der Waals surface area (Å²) in [5.74, 6) is 0.972. The van der Waals surface area contributed by atoms with Crippen LogP contribution in [0.25, 0.3) is 0 Å². The van der Waals surface area contributed by atoms with Crippen LogP contribution in [-0.2, 0) is 11.2 Å². The van der Waals surface area contributed by atoms with Gasteiger partial charge < -0.3 is 15.4 Å². The van der Waals surface area contributed by atoms with E-state index < -0.39 is 0 Å². The number of carbonyl (C=O) groups is 1. The molecule has 0 unspecified atom stereocenters. The molecule has 4 heteroatoms. The maximum Gasteiger partial charge on any atom is 0.227 e. The normalized spacial score (nSPS) is 14.2. The van der Waals surface area contributed by atoms with Crippen LogP contribution >= 0.6 is 0 Å². The molecule has 1 aliphatic rings. The zero-order valence-corrected chi connectivity index (χ0v) is 11.3. The lowest BCUT2D eigenvalue weighted by Crippen LogP contribution is -2.36. The lowest BCUT2D eigenvalue weighted by atomic mass is 10.0. The summed E-state index contributed by atoms with van der Waals surface area (Å²) in [4.78, 5) is 13.8. The number of rotatable bonds is 5. The van der Waals surface area contributed by atoms with Gasteiger partial charge in [0.2, 0.25) is 5.91 Å². The van der Waals surface area contributed by atoms with E-state index in [2.05, 4.69) is 6.58 Å². The molecule has 1 aromatic carbocycles. The van der Waals surface area contributed by atoms with Crippen molar-refractivity contribution in [3.63, 3.8) is 0 Å². The Bertz CT molecular complexity index is 497. The van der Waals surface area contributed by atoms with Gasteiger partial charge in [-0.3, -0.25) is 4.79 Å². The zero-order chi connectivity index (χ0) is 13.8. The highest BCUT2D eigenvalue weighted by molar-refractivity contribution is 5.96. The minimum atomic E-state index is 0.158. The Morgan fingerprint density at radius 3 is 2.95 bits per heavy atom. The number of hydrogen-bond donors (Lipinski definition) is 1. The molecule has 0 atom stereocenters. The number of hydrogen-bond acceptors (Lipinski definition) is 3. The van der Waals surface area contributed by atoms with Crippen LogP contribution in [-0.4, -0.2) is 25.6 Å². The first-order valence-electron chi connectivity index (χ1n) is 6.52. The number of ether oxygens (including phenoxy) is 1. The van der Waals surface area contributed by atoms with E-state index in [1.165, 1.54) is 0 Å². The molecule has 0 bridgehead atoms. The highest BCUT2D eigenvalue weighted by atomic mass is 16.5. The van der Waals surface area contributed by atoms with Crippen molar-refractivity contribution in [1.29, 1.82) is 0 Å². The van der Waals surface area contributed by atoms with Gasteiger partial charge in [-0.2, -0.15) is 0 Å². The molecule has 0 fully saturated rings. The number of aryl methyl sites for hydroxylation is 1. The Balaban J connectivity index is 2.25. The quantitative estimate of drug-likeness (QED) is 0.822. The van der Waals surface area contributed by atoms with E-state index in [-0.39, 0.29) is 5.91 Å². The minimum Gasteiger partial charge on any atom is -0.492 e. The summed E-state index contributed by atoms with van der Waals surface area (Å²) < 4.78 is 5.52. The van der Waals surface area contributed by atoms with Crippen LogP contribution in [0, 0.1) is 0 Å². The lowest BCUT2D eigenvalue weighted by Gasteiger charge is -2.30. The first-order valence-corrected chi connectivity index (χ1v) is 6.52. The van der Waals surface area contributed by atoms with Crippen molar-refractivity contribution in [2.45, 2.75) is 19.8 Å². The van der Waals surface area contributed by atoms with Gasteiger partial charge in [-0.15, -0.1) is 0 Å². The van der Waals surface area contributed by atoms with Crippen LogP contribution in [0.2, 0.25) is 0 Å². The first-order chi connectivity index (χ1) is 9.11. The summed E-state index contributed by atoms with van der Waals surface area (Å²) in [6.07, 6.45) is 1.31. The van der Waals surface area contributed by atoms with Crippen molar-refractivity contribution < 1.29 is 9.53 Å². The standard InChI is InChI=1S/C15H20N2O2/c1-11(2)10-17-14-5-4-13(19-8-7-16)9-12(14)3-6-15(17)18/h4-5,9H,1,3,6-8,10,16H2,2H3. The van der Waals surface area contributed by atoms with Crippen LogP contribution in [0.3, 0.4) is 0 Å². The Morgan fingerprint density at radius 2 is 2.26 bits per heavy atom. The topological polar surface area (TPSA) is 55.6 Å². The molecule has 0 saturated carbocycles. The number of nitrogens with two attached hydrogens (primary N) is 1. The SMILES string of the molecule is C=C(C)CN1C(=O)CCc2cc(OCCN)ccc21. The monoisotopic (exact) mass is 260 g/mol. The second-order valence-corrected chi connectivity index (χ2v) is 4.86. The molecular formula is C15H20N2O2. The molecule has 19 heavy (non-hydrogen) atoms. The average Bonchev–Trinajstić information content (AvgIpc) is 2.39. The highest BCUT2D eigenvalue weighted by Crippen LogP contribution is 2.31. The molecule has 1 aromatic rings. The number of amides is 1. The Hall–Kier alpha value is -1.81. The fourth-order valence-corrected chi connectivity index (χ4v) is 2.25. The molecular weight excluding hydrogens is 240 g/mol. The third-order valence-electron chi connectivity index (χ3n) is 3.07. The van der Waals surface area contributed by atoms with Gasteiger partial charge >= 0.3 is 0 Å². The second kappa shape index (κ2) is 5.89. The van der Waals surface area contributed by atoms with E-state index in [9.17, 15) is 4.79 Å². The molecule has 102 valence electrons. The smallest absolute Gasteiger partial charge is 0.227 e. The lowest BCUT2D eigenvalue weighted by molar-refractivity contribution is -0.118. The minimum absolute atomic E-state index is 0.158. The highest BCUT2D eigenvalue weighted by Gasteiger charge is 2.24. The van der Waals surface area contributed by atoms with Gasteiger partial charge in [0.25, 0.3) is 0 Å². The van der Waals surface area contributed by atoms with Crippen molar-refractivity contribution in [2.75, 3.05) is 24.6 Å². The fraction of sp³-hybridized carbons (Fsp3) is 0.400. The largest absolute Gasteiger partial charge is 0.492 e.